The van der Waals surface area contributed by atoms with Crippen molar-refractivity contribution in [3.63, 3.8) is 0 Å². The van der Waals surface area contributed by atoms with Crippen LogP contribution in [0.5, 0.6) is 5.75 Å². The summed E-state index contributed by atoms with van der Waals surface area (Å²) in [5.74, 6) is 0.247. The van der Waals surface area contributed by atoms with E-state index in [9.17, 15) is 9.59 Å². The summed E-state index contributed by atoms with van der Waals surface area (Å²) in [6, 6.07) is 23.5. The van der Waals surface area contributed by atoms with Gasteiger partial charge in [-0.25, -0.2) is 0 Å². The van der Waals surface area contributed by atoms with Gasteiger partial charge in [-0.2, -0.15) is 0 Å². The Balaban J connectivity index is 1.52. The molecule has 0 radical (unpaired) electrons. The van der Waals surface area contributed by atoms with Gasteiger partial charge in [0.25, 0.3) is 5.91 Å². The number of carbonyl (C=O) groups excluding carboxylic acids is 2. The maximum Gasteiger partial charge on any atom is 0.262 e. The van der Waals surface area contributed by atoms with Gasteiger partial charge in [0.05, 0.1) is 5.25 Å². The summed E-state index contributed by atoms with van der Waals surface area (Å²) >= 11 is 7.35. The summed E-state index contributed by atoms with van der Waals surface area (Å²) in [5, 5.41) is 5.89. The van der Waals surface area contributed by atoms with E-state index in [1.54, 1.807) is 42.5 Å². The second-order valence-corrected chi connectivity index (χ2v) is 8.29. The van der Waals surface area contributed by atoms with E-state index < -0.39 is 0 Å². The fourth-order valence-electron chi connectivity index (χ4n) is 2.58. The Hall–Kier alpha value is -2.96. The van der Waals surface area contributed by atoms with Crippen LogP contribution in [0.25, 0.3) is 0 Å². The van der Waals surface area contributed by atoms with E-state index in [2.05, 4.69) is 10.6 Å². The van der Waals surface area contributed by atoms with E-state index >= 15 is 0 Å². The molecule has 2 N–H and O–H groups in total. The van der Waals surface area contributed by atoms with Crippen molar-refractivity contribution in [3.8, 4) is 5.75 Å². The Bertz CT molecular complexity index is 1010. The normalized spacial score (nSPS) is 11.4. The average molecular weight is 441 g/mol. The van der Waals surface area contributed by atoms with Gasteiger partial charge in [0.15, 0.2) is 6.61 Å². The van der Waals surface area contributed by atoms with Gasteiger partial charge in [-0.15, -0.1) is 11.8 Å². The zero-order valence-electron chi connectivity index (χ0n) is 16.3. The number of hydrogen-bond donors (Lipinski definition) is 2. The Labute approximate surface area is 184 Å². The Morgan fingerprint density at radius 2 is 1.63 bits per heavy atom. The SMILES string of the molecule is CC(Sc1cccc(NC(=O)COc2ccccc2)c1)C(=O)Nc1cccc(Cl)c1. The van der Waals surface area contributed by atoms with Crippen LogP contribution in [0.4, 0.5) is 11.4 Å². The first-order valence-electron chi connectivity index (χ1n) is 9.30. The second kappa shape index (κ2) is 10.7. The summed E-state index contributed by atoms with van der Waals surface area (Å²) in [5.41, 5.74) is 1.29. The molecule has 0 saturated carbocycles. The summed E-state index contributed by atoms with van der Waals surface area (Å²) in [6.07, 6.45) is 0. The molecule has 0 aliphatic carbocycles. The van der Waals surface area contributed by atoms with E-state index in [-0.39, 0.29) is 23.7 Å². The number of thioether (sulfide) groups is 1. The first-order valence-corrected chi connectivity index (χ1v) is 10.6. The number of anilines is 2. The van der Waals surface area contributed by atoms with Crippen molar-refractivity contribution >= 4 is 46.6 Å². The van der Waals surface area contributed by atoms with Crippen LogP contribution in [0.2, 0.25) is 5.02 Å². The number of nitrogens with one attached hydrogen (secondary N) is 2. The minimum Gasteiger partial charge on any atom is -0.484 e. The predicted octanol–water partition coefficient (Wildman–Crippen LogP) is 5.48. The fourth-order valence-corrected chi connectivity index (χ4v) is 3.69. The summed E-state index contributed by atoms with van der Waals surface area (Å²) in [6.45, 7) is 1.74. The summed E-state index contributed by atoms with van der Waals surface area (Å²) in [4.78, 5) is 25.5. The highest BCUT2D eigenvalue weighted by Gasteiger charge is 2.15. The van der Waals surface area contributed by atoms with Crippen molar-refractivity contribution in [1.82, 2.24) is 0 Å². The van der Waals surface area contributed by atoms with Crippen molar-refractivity contribution < 1.29 is 14.3 Å². The number of benzene rings is 3. The molecular weight excluding hydrogens is 420 g/mol. The molecule has 0 saturated heterocycles. The maximum absolute atomic E-state index is 12.4. The van der Waals surface area contributed by atoms with Crippen molar-refractivity contribution in [3.05, 3.63) is 83.9 Å². The third-order valence-corrected chi connectivity index (χ3v) is 5.33. The second-order valence-electron chi connectivity index (χ2n) is 6.44. The molecule has 5 nitrogen and oxygen atoms in total. The van der Waals surface area contributed by atoms with E-state index in [1.165, 1.54) is 11.8 Å². The molecule has 0 spiro atoms. The molecule has 0 aliphatic rings. The number of ether oxygens (including phenoxy) is 1. The first-order chi connectivity index (χ1) is 14.5. The van der Waals surface area contributed by atoms with Crippen molar-refractivity contribution in [2.24, 2.45) is 0 Å². The quantitative estimate of drug-likeness (QED) is 0.455. The molecule has 154 valence electrons. The van der Waals surface area contributed by atoms with Crippen LogP contribution >= 0.6 is 23.4 Å². The molecule has 7 heteroatoms. The molecule has 3 rings (SSSR count). The largest absolute Gasteiger partial charge is 0.484 e. The smallest absolute Gasteiger partial charge is 0.262 e. The van der Waals surface area contributed by atoms with Crippen LogP contribution in [-0.4, -0.2) is 23.7 Å². The van der Waals surface area contributed by atoms with Crippen LogP contribution in [0.3, 0.4) is 0 Å². The number of carbonyl (C=O) groups is 2. The number of para-hydroxylation sites is 1. The minimum atomic E-state index is -0.337. The highest BCUT2D eigenvalue weighted by Crippen LogP contribution is 2.27. The monoisotopic (exact) mass is 440 g/mol. The zero-order chi connectivity index (χ0) is 21.3. The molecule has 30 heavy (non-hydrogen) atoms. The molecule has 2 amide bonds. The van der Waals surface area contributed by atoms with Gasteiger partial charge in [0, 0.05) is 21.3 Å². The van der Waals surface area contributed by atoms with Crippen LogP contribution in [0.15, 0.2) is 83.8 Å². The van der Waals surface area contributed by atoms with Crippen LogP contribution in [0.1, 0.15) is 6.92 Å². The topological polar surface area (TPSA) is 67.4 Å². The average Bonchev–Trinajstić information content (AvgIpc) is 2.73. The standard InChI is InChI=1S/C23H21ClN2O3S/c1-16(23(28)26-18-8-5-7-17(24)13-18)30-21-12-6-9-19(14-21)25-22(27)15-29-20-10-3-2-4-11-20/h2-14,16H,15H2,1H3,(H,25,27)(H,26,28). The minimum absolute atomic E-state index is 0.0835. The molecular formula is C23H21ClN2O3S. The molecule has 0 fully saturated rings. The molecule has 1 atom stereocenters. The number of hydrogen-bond acceptors (Lipinski definition) is 4. The Morgan fingerprint density at radius 1 is 0.933 bits per heavy atom. The Kier molecular flexibility index (Phi) is 7.76. The molecule has 0 heterocycles. The maximum atomic E-state index is 12.4. The lowest BCUT2D eigenvalue weighted by atomic mass is 10.3. The van der Waals surface area contributed by atoms with Gasteiger partial charge < -0.3 is 15.4 Å². The number of amides is 2. The van der Waals surface area contributed by atoms with Gasteiger partial charge in [-0.05, 0) is 55.5 Å². The van der Waals surface area contributed by atoms with Crippen LogP contribution in [0, 0.1) is 0 Å². The fraction of sp³-hybridized carbons (Fsp3) is 0.130. The lowest BCUT2D eigenvalue weighted by Gasteiger charge is -2.13. The van der Waals surface area contributed by atoms with E-state index in [1.807, 2.05) is 43.3 Å². The lowest BCUT2D eigenvalue weighted by Crippen LogP contribution is -2.22. The van der Waals surface area contributed by atoms with Gasteiger partial charge in [0.2, 0.25) is 5.91 Å². The van der Waals surface area contributed by atoms with Crippen LogP contribution in [-0.2, 0) is 9.59 Å². The molecule has 0 aromatic heterocycles. The van der Waals surface area contributed by atoms with Gasteiger partial charge >= 0.3 is 0 Å². The van der Waals surface area contributed by atoms with Crippen molar-refractivity contribution in [1.29, 1.82) is 0 Å². The third kappa shape index (κ3) is 6.83. The van der Waals surface area contributed by atoms with Crippen molar-refractivity contribution in [2.75, 3.05) is 17.2 Å². The molecule has 0 bridgehead atoms. The van der Waals surface area contributed by atoms with E-state index in [4.69, 9.17) is 16.3 Å². The predicted molar refractivity (Wildman–Crippen MR) is 122 cm³/mol. The van der Waals surface area contributed by atoms with E-state index in [0.717, 1.165) is 4.90 Å². The summed E-state index contributed by atoms with van der Waals surface area (Å²) < 4.78 is 5.45. The highest BCUT2D eigenvalue weighted by molar-refractivity contribution is 8.00. The Morgan fingerprint density at radius 3 is 2.37 bits per heavy atom. The lowest BCUT2D eigenvalue weighted by molar-refractivity contribution is -0.118. The van der Waals surface area contributed by atoms with Gasteiger partial charge in [0.1, 0.15) is 5.75 Å². The van der Waals surface area contributed by atoms with E-state index in [0.29, 0.717) is 22.1 Å². The number of halogens is 1. The molecule has 0 aliphatic heterocycles. The molecule has 1 unspecified atom stereocenters. The highest BCUT2D eigenvalue weighted by atomic mass is 35.5. The first kappa shape index (κ1) is 21.7. The number of rotatable bonds is 8. The summed E-state index contributed by atoms with van der Waals surface area (Å²) in [7, 11) is 0. The molecule has 3 aromatic carbocycles. The van der Waals surface area contributed by atoms with Gasteiger partial charge in [-0.1, -0.05) is 41.9 Å². The van der Waals surface area contributed by atoms with Crippen molar-refractivity contribution in [2.45, 2.75) is 17.1 Å². The third-order valence-electron chi connectivity index (χ3n) is 4.01. The van der Waals surface area contributed by atoms with Gasteiger partial charge in [-0.3, -0.25) is 9.59 Å². The molecule has 3 aromatic rings. The van der Waals surface area contributed by atoms with Crippen LogP contribution < -0.4 is 15.4 Å². The zero-order valence-corrected chi connectivity index (χ0v) is 17.9.